The normalized spacial score (nSPS) is 14.9. The summed E-state index contributed by atoms with van der Waals surface area (Å²) in [6, 6.07) is 12.1. The topological polar surface area (TPSA) is 79.5 Å². The fraction of sp³-hybridized carbons (Fsp3) is 0.462. The number of carbonyl (C=O) groups is 2. The molecule has 178 valence electrons. The molecule has 3 N–H and O–H groups in total. The molecule has 2 aromatic carbocycles. The van der Waals surface area contributed by atoms with E-state index in [1.807, 2.05) is 24.3 Å². The van der Waals surface area contributed by atoms with Crippen LogP contribution in [0.3, 0.4) is 0 Å². The first-order chi connectivity index (χ1) is 16.0. The largest absolute Gasteiger partial charge is 0.497 e. The van der Waals surface area contributed by atoms with Crippen LogP contribution in [0.2, 0.25) is 0 Å². The van der Waals surface area contributed by atoms with Crippen molar-refractivity contribution in [2.45, 2.75) is 39.0 Å². The molecule has 33 heavy (non-hydrogen) atoms. The van der Waals surface area contributed by atoms with Gasteiger partial charge in [0, 0.05) is 30.9 Å². The molecular weight excluding hydrogens is 421 g/mol. The van der Waals surface area contributed by atoms with Crippen LogP contribution < -0.4 is 20.7 Å². The van der Waals surface area contributed by atoms with Crippen molar-refractivity contribution in [2.24, 2.45) is 11.8 Å². The van der Waals surface area contributed by atoms with Crippen molar-refractivity contribution >= 4 is 17.5 Å². The maximum Gasteiger partial charge on any atom is 0.251 e. The van der Waals surface area contributed by atoms with Gasteiger partial charge in [-0.3, -0.25) is 9.59 Å². The van der Waals surface area contributed by atoms with Gasteiger partial charge in [-0.25, -0.2) is 4.39 Å². The fourth-order valence-corrected chi connectivity index (χ4v) is 4.39. The molecular formula is C26H34FN3O3. The van der Waals surface area contributed by atoms with Crippen LogP contribution in [-0.4, -0.2) is 38.6 Å². The molecule has 2 amide bonds. The van der Waals surface area contributed by atoms with Gasteiger partial charge in [-0.15, -0.1) is 0 Å². The molecule has 0 saturated heterocycles. The van der Waals surface area contributed by atoms with Gasteiger partial charge in [0.05, 0.1) is 13.0 Å². The molecule has 6 nitrogen and oxygen atoms in total. The van der Waals surface area contributed by atoms with Crippen molar-refractivity contribution in [2.75, 3.05) is 32.1 Å². The van der Waals surface area contributed by atoms with E-state index < -0.39 is 5.82 Å². The zero-order valence-corrected chi connectivity index (χ0v) is 19.5. The average Bonchev–Trinajstić information content (AvgIpc) is 2.84. The molecule has 1 atom stereocenters. The van der Waals surface area contributed by atoms with Crippen molar-refractivity contribution in [3.05, 3.63) is 59.4 Å². The van der Waals surface area contributed by atoms with Gasteiger partial charge >= 0.3 is 0 Å². The van der Waals surface area contributed by atoms with E-state index in [9.17, 15) is 14.0 Å². The number of halogens is 1. The molecule has 1 unspecified atom stereocenters. The lowest BCUT2D eigenvalue weighted by Gasteiger charge is -2.29. The van der Waals surface area contributed by atoms with Crippen LogP contribution in [0, 0.1) is 24.6 Å². The zero-order chi connectivity index (χ0) is 23.6. The van der Waals surface area contributed by atoms with E-state index in [-0.39, 0.29) is 30.2 Å². The Kier molecular flexibility index (Phi) is 9.10. The van der Waals surface area contributed by atoms with Crippen LogP contribution in [0.4, 0.5) is 10.1 Å². The van der Waals surface area contributed by atoms with Crippen LogP contribution in [0.15, 0.2) is 42.5 Å². The average molecular weight is 456 g/mol. The molecule has 0 spiro atoms. The summed E-state index contributed by atoms with van der Waals surface area (Å²) in [4.78, 5) is 25.7. The van der Waals surface area contributed by atoms with Gasteiger partial charge in [0.15, 0.2) is 0 Å². The first kappa shape index (κ1) is 24.6. The second kappa shape index (κ2) is 12.2. The molecule has 0 heterocycles. The van der Waals surface area contributed by atoms with Crippen LogP contribution in [-0.2, 0) is 4.79 Å². The van der Waals surface area contributed by atoms with E-state index in [0.717, 1.165) is 37.1 Å². The number of ether oxygens (including phenoxy) is 1. The van der Waals surface area contributed by atoms with Gasteiger partial charge in [0.25, 0.3) is 5.91 Å². The molecule has 3 rings (SSSR count). The molecule has 1 aliphatic rings. The molecule has 0 radical (unpaired) electrons. The van der Waals surface area contributed by atoms with Crippen LogP contribution >= 0.6 is 0 Å². The zero-order valence-electron chi connectivity index (χ0n) is 19.5. The number of rotatable bonds is 10. The third-order valence-electron chi connectivity index (χ3n) is 6.39. The Morgan fingerprint density at radius 2 is 1.76 bits per heavy atom. The summed E-state index contributed by atoms with van der Waals surface area (Å²) in [5.74, 6) is -0.0731. The molecule has 7 heteroatoms. The Bertz CT molecular complexity index is 927. The van der Waals surface area contributed by atoms with Crippen LogP contribution in [0.5, 0.6) is 5.75 Å². The van der Waals surface area contributed by atoms with Gasteiger partial charge in [-0.1, -0.05) is 25.3 Å². The summed E-state index contributed by atoms with van der Waals surface area (Å²) in [6.07, 6.45) is 5.36. The number of hydrogen-bond donors (Lipinski definition) is 3. The van der Waals surface area contributed by atoms with Gasteiger partial charge < -0.3 is 20.7 Å². The summed E-state index contributed by atoms with van der Waals surface area (Å²) in [7, 11) is 1.63. The highest BCUT2D eigenvalue weighted by Crippen LogP contribution is 2.30. The van der Waals surface area contributed by atoms with E-state index >= 15 is 0 Å². The fourth-order valence-electron chi connectivity index (χ4n) is 4.39. The highest BCUT2D eigenvalue weighted by molar-refractivity contribution is 5.96. The Morgan fingerprint density at radius 1 is 1.03 bits per heavy atom. The Hall–Kier alpha value is -3.09. The smallest absolute Gasteiger partial charge is 0.251 e. The van der Waals surface area contributed by atoms with E-state index in [1.165, 1.54) is 18.6 Å². The van der Waals surface area contributed by atoms with Gasteiger partial charge in [-0.05, 0) is 67.6 Å². The van der Waals surface area contributed by atoms with Crippen LogP contribution in [0.1, 0.15) is 48.0 Å². The summed E-state index contributed by atoms with van der Waals surface area (Å²) in [5, 5.41) is 9.18. The van der Waals surface area contributed by atoms with Gasteiger partial charge in [-0.2, -0.15) is 0 Å². The Morgan fingerprint density at radius 3 is 2.45 bits per heavy atom. The second-order valence-corrected chi connectivity index (χ2v) is 8.57. The third-order valence-corrected chi connectivity index (χ3v) is 6.39. The van der Waals surface area contributed by atoms with E-state index in [0.29, 0.717) is 24.2 Å². The summed E-state index contributed by atoms with van der Waals surface area (Å²) in [5.41, 5.74) is 1.58. The number of amides is 2. The number of anilines is 1. The maximum absolute atomic E-state index is 13.8. The first-order valence-corrected chi connectivity index (χ1v) is 11.7. The number of carbonyl (C=O) groups excluding carboxylic acids is 2. The van der Waals surface area contributed by atoms with Gasteiger partial charge in [0.2, 0.25) is 5.91 Å². The highest BCUT2D eigenvalue weighted by atomic mass is 19.1. The lowest BCUT2D eigenvalue weighted by atomic mass is 9.79. The van der Waals surface area contributed by atoms with Gasteiger partial charge in [0.1, 0.15) is 11.6 Å². The second-order valence-electron chi connectivity index (χ2n) is 8.57. The minimum atomic E-state index is -0.409. The molecule has 1 saturated carbocycles. The summed E-state index contributed by atoms with van der Waals surface area (Å²) in [6.45, 7) is 2.90. The van der Waals surface area contributed by atoms with Crippen molar-refractivity contribution in [3.8, 4) is 5.75 Å². The summed E-state index contributed by atoms with van der Waals surface area (Å²) < 4.78 is 19.0. The van der Waals surface area contributed by atoms with E-state index in [1.54, 1.807) is 20.1 Å². The van der Waals surface area contributed by atoms with Crippen molar-refractivity contribution in [1.29, 1.82) is 0 Å². The standard InChI is InChI=1S/C26H34FN3O3/c1-18-22(9-6-10-24(18)27)25(31)30-17-23(19-7-4-3-5-8-19)26(32)29-16-15-28-20-11-13-21(33-2)14-12-20/h6,9-14,19,23,28H,3-5,7-8,15-17H2,1-2H3,(H,29,32)(H,30,31). The van der Waals surface area contributed by atoms with E-state index in [2.05, 4.69) is 16.0 Å². The Labute approximate surface area is 195 Å². The lowest BCUT2D eigenvalue weighted by molar-refractivity contribution is -0.126. The first-order valence-electron chi connectivity index (χ1n) is 11.7. The number of benzene rings is 2. The summed E-state index contributed by atoms with van der Waals surface area (Å²) >= 11 is 0. The SMILES string of the molecule is COc1ccc(NCCNC(=O)C(CNC(=O)c2cccc(F)c2C)C2CCCCC2)cc1. The van der Waals surface area contributed by atoms with Crippen LogP contribution in [0.25, 0.3) is 0 Å². The van der Waals surface area contributed by atoms with Crippen molar-refractivity contribution in [3.63, 3.8) is 0 Å². The maximum atomic E-state index is 13.8. The predicted molar refractivity (Wildman–Crippen MR) is 128 cm³/mol. The quantitative estimate of drug-likeness (QED) is 0.467. The minimum absolute atomic E-state index is 0.0466. The molecule has 0 bridgehead atoms. The number of hydrogen-bond acceptors (Lipinski definition) is 4. The monoisotopic (exact) mass is 455 g/mol. The Balaban J connectivity index is 1.54. The van der Waals surface area contributed by atoms with Crippen molar-refractivity contribution < 1.29 is 18.7 Å². The third kappa shape index (κ3) is 6.94. The molecule has 1 aliphatic carbocycles. The molecule has 2 aromatic rings. The van der Waals surface area contributed by atoms with E-state index in [4.69, 9.17) is 4.74 Å². The van der Waals surface area contributed by atoms with Crippen molar-refractivity contribution in [1.82, 2.24) is 10.6 Å². The lowest BCUT2D eigenvalue weighted by Crippen LogP contribution is -2.44. The molecule has 0 aliphatic heterocycles. The number of nitrogens with one attached hydrogen (secondary N) is 3. The minimum Gasteiger partial charge on any atom is -0.497 e. The number of methoxy groups -OCH3 is 1. The highest BCUT2D eigenvalue weighted by Gasteiger charge is 2.30. The molecule has 1 fully saturated rings. The molecule has 0 aromatic heterocycles. The predicted octanol–water partition coefficient (Wildman–Crippen LogP) is 4.30.